The summed E-state index contributed by atoms with van der Waals surface area (Å²) in [5.41, 5.74) is 1.47. The van der Waals surface area contributed by atoms with Crippen LogP contribution in [0.2, 0.25) is 0 Å². The van der Waals surface area contributed by atoms with Crippen molar-refractivity contribution < 1.29 is 0 Å². The zero-order chi connectivity index (χ0) is 12.4. The van der Waals surface area contributed by atoms with Crippen LogP contribution in [-0.4, -0.2) is 48.1 Å². The fraction of sp³-hybridized carbons (Fsp3) is 0.625. The van der Waals surface area contributed by atoms with Gasteiger partial charge >= 0.3 is 0 Å². The Balaban J connectivity index is 1.56. The van der Waals surface area contributed by atoms with Gasteiger partial charge in [-0.05, 0) is 38.3 Å². The predicted octanol–water partition coefficient (Wildman–Crippen LogP) is 2.40. The van der Waals surface area contributed by atoms with E-state index in [4.69, 9.17) is 0 Å². The fourth-order valence-corrected chi connectivity index (χ4v) is 3.48. The second-order valence-corrected chi connectivity index (χ2v) is 5.87. The van der Waals surface area contributed by atoms with Crippen molar-refractivity contribution in [1.82, 2.24) is 9.80 Å². The first-order valence-corrected chi connectivity index (χ1v) is 7.35. The Morgan fingerprint density at radius 2 is 2.00 bits per heavy atom. The minimum absolute atomic E-state index is 0.725. The summed E-state index contributed by atoms with van der Waals surface area (Å²) in [6.45, 7) is 7.50. The molecule has 0 bridgehead atoms. The standard InChI is InChI=1S/C16H24N2/c1-14-12-18-10-5-8-16(18)13-17(14)11-9-15-6-3-2-4-7-15/h2-4,6-7,14,16H,5,8-13H2,1H3/t14-,16-/m1/s1. The minimum atomic E-state index is 0.725. The zero-order valence-electron chi connectivity index (χ0n) is 11.4. The van der Waals surface area contributed by atoms with Crippen molar-refractivity contribution in [3.8, 4) is 0 Å². The van der Waals surface area contributed by atoms with E-state index in [0.29, 0.717) is 0 Å². The Morgan fingerprint density at radius 1 is 1.17 bits per heavy atom. The lowest BCUT2D eigenvalue weighted by atomic mass is 10.1. The Labute approximate surface area is 111 Å². The average Bonchev–Trinajstić information content (AvgIpc) is 2.84. The molecule has 2 atom stereocenters. The maximum absolute atomic E-state index is 2.70. The molecule has 2 aliphatic rings. The number of fused-ring (bicyclic) bond motifs is 1. The highest BCUT2D eigenvalue weighted by Gasteiger charge is 2.33. The summed E-state index contributed by atoms with van der Waals surface area (Å²) < 4.78 is 0. The molecule has 0 radical (unpaired) electrons. The third-order valence-electron chi connectivity index (χ3n) is 4.60. The van der Waals surface area contributed by atoms with Crippen molar-refractivity contribution in [3.63, 3.8) is 0 Å². The first-order chi connectivity index (χ1) is 8.83. The second kappa shape index (κ2) is 5.41. The summed E-state index contributed by atoms with van der Waals surface area (Å²) in [6, 6.07) is 12.5. The maximum atomic E-state index is 2.70. The van der Waals surface area contributed by atoms with Crippen LogP contribution in [0.3, 0.4) is 0 Å². The SMILES string of the molecule is C[C@@H]1CN2CCC[C@@H]2CN1CCc1ccccc1. The van der Waals surface area contributed by atoms with Crippen LogP contribution in [-0.2, 0) is 6.42 Å². The molecule has 0 spiro atoms. The lowest BCUT2D eigenvalue weighted by molar-refractivity contribution is 0.0605. The largest absolute Gasteiger partial charge is 0.298 e. The van der Waals surface area contributed by atoms with Gasteiger partial charge in [0.15, 0.2) is 0 Å². The van der Waals surface area contributed by atoms with Crippen molar-refractivity contribution in [2.75, 3.05) is 26.2 Å². The Morgan fingerprint density at radius 3 is 2.83 bits per heavy atom. The van der Waals surface area contributed by atoms with Crippen molar-refractivity contribution in [2.24, 2.45) is 0 Å². The number of hydrogen-bond acceptors (Lipinski definition) is 2. The number of piperazine rings is 1. The molecule has 0 aliphatic carbocycles. The molecule has 3 rings (SSSR count). The Bertz CT molecular complexity index is 376. The molecule has 1 aromatic rings. The van der Waals surface area contributed by atoms with Gasteiger partial charge in [0.2, 0.25) is 0 Å². The topological polar surface area (TPSA) is 6.48 Å². The molecule has 2 heteroatoms. The quantitative estimate of drug-likeness (QED) is 0.805. The van der Waals surface area contributed by atoms with Gasteiger partial charge in [0, 0.05) is 31.7 Å². The molecular formula is C16H24N2. The van der Waals surface area contributed by atoms with E-state index in [9.17, 15) is 0 Å². The highest BCUT2D eigenvalue weighted by molar-refractivity contribution is 5.15. The Kier molecular flexibility index (Phi) is 3.67. The summed E-state index contributed by atoms with van der Waals surface area (Å²) in [6.07, 6.45) is 4.01. The van der Waals surface area contributed by atoms with E-state index >= 15 is 0 Å². The van der Waals surface area contributed by atoms with Crippen LogP contribution in [0.15, 0.2) is 30.3 Å². The van der Waals surface area contributed by atoms with E-state index in [1.807, 2.05) is 0 Å². The summed E-state index contributed by atoms with van der Waals surface area (Å²) in [7, 11) is 0. The predicted molar refractivity (Wildman–Crippen MR) is 75.8 cm³/mol. The molecule has 2 saturated heterocycles. The molecule has 0 unspecified atom stereocenters. The van der Waals surface area contributed by atoms with Gasteiger partial charge in [-0.1, -0.05) is 30.3 Å². The minimum Gasteiger partial charge on any atom is -0.298 e. The normalized spacial score (nSPS) is 29.4. The third kappa shape index (κ3) is 2.60. The number of benzene rings is 1. The van der Waals surface area contributed by atoms with E-state index in [0.717, 1.165) is 12.1 Å². The van der Waals surface area contributed by atoms with Crippen LogP contribution in [0.1, 0.15) is 25.3 Å². The van der Waals surface area contributed by atoms with E-state index < -0.39 is 0 Å². The summed E-state index contributed by atoms with van der Waals surface area (Å²) in [4.78, 5) is 5.39. The van der Waals surface area contributed by atoms with Gasteiger partial charge in [-0.2, -0.15) is 0 Å². The molecule has 2 heterocycles. The Hall–Kier alpha value is -0.860. The molecule has 0 N–H and O–H groups in total. The van der Waals surface area contributed by atoms with E-state index in [1.54, 1.807) is 0 Å². The van der Waals surface area contributed by atoms with Gasteiger partial charge in [0.05, 0.1) is 0 Å². The molecule has 98 valence electrons. The van der Waals surface area contributed by atoms with Gasteiger partial charge in [-0.25, -0.2) is 0 Å². The van der Waals surface area contributed by atoms with Crippen molar-refractivity contribution in [3.05, 3.63) is 35.9 Å². The van der Waals surface area contributed by atoms with Crippen LogP contribution in [0.25, 0.3) is 0 Å². The van der Waals surface area contributed by atoms with Crippen LogP contribution in [0.5, 0.6) is 0 Å². The van der Waals surface area contributed by atoms with E-state index in [1.165, 1.54) is 51.0 Å². The summed E-state index contributed by atoms with van der Waals surface area (Å²) in [5, 5.41) is 0. The zero-order valence-corrected chi connectivity index (χ0v) is 11.4. The molecule has 18 heavy (non-hydrogen) atoms. The van der Waals surface area contributed by atoms with Crippen LogP contribution >= 0.6 is 0 Å². The highest BCUT2D eigenvalue weighted by atomic mass is 15.3. The van der Waals surface area contributed by atoms with E-state index in [2.05, 4.69) is 47.1 Å². The van der Waals surface area contributed by atoms with Crippen LogP contribution in [0, 0.1) is 0 Å². The first-order valence-electron chi connectivity index (χ1n) is 7.35. The molecule has 0 amide bonds. The van der Waals surface area contributed by atoms with Gasteiger partial charge in [0.1, 0.15) is 0 Å². The van der Waals surface area contributed by atoms with Gasteiger partial charge < -0.3 is 0 Å². The summed E-state index contributed by atoms with van der Waals surface area (Å²) >= 11 is 0. The van der Waals surface area contributed by atoms with Gasteiger partial charge in [-0.3, -0.25) is 9.80 Å². The summed E-state index contributed by atoms with van der Waals surface area (Å²) in [5.74, 6) is 0. The fourth-order valence-electron chi connectivity index (χ4n) is 3.48. The second-order valence-electron chi connectivity index (χ2n) is 5.87. The van der Waals surface area contributed by atoms with Gasteiger partial charge in [-0.15, -0.1) is 0 Å². The number of nitrogens with zero attached hydrogens (tertiary/aromatic N) is 2. The van der Waals surface area contributed by atoms with Crippen LogP contribution < -0.4 is 0 Å². The lowest BCUT2D eigenvalue weighted by Gasteiger charge is -2.42. The lowest BCUT2D eigenvalue weighted by Crippen LogP contribution is -2.55. The number of hydrogen-bond donors (Lipinski definition) is 0. The molecule has 2 aliphatic heterocycles. The molecule has 0 saturated carbocycles. The monoisotopic (exact) mass is 244 g/mol. The molecule has 0 aromatic heterocycles. The molecule has 2 fully saturated rings. The first kappa shape index (κ1) is 12.2. The van der Waals surface area contributed by atoms with Crippen molar-refractivity contribution in [2.45, 2.75) is 38.3 Å². The molecule has 2 nitrogen and oxygen atoms in total. The van der Waals surface area contributed by atoms with Crippen molar-refractivity contribution in [1.29, 1.82) is 0 Å². The third-order valence-corrected chi connectivity index (χ3v) is 4.60. The smallest absolute Gasteiger partial charge is 0.0224 e. The van der Waals surface area contributed by atoms with E-state index in [-0.39, 0.29) is 0 Å². The highest BCUT2D eigenvalue weighted by Crippen LogP contribution is 2.24. The number of rotatable bonds is 3. The van der Waals surface area contributed by atoms with Crippen LogP contribution in [0.4, 0.5) is 0 Å². The molecular weight excluding hydrogens is 220 g/mol. The van der Waals surface area contributed by atoms with Crippen molar-refractivity contribution >= 4 is 0 Å². The molecule has 1 aromatic carbocycles. The average molecular weight is 244 g/mol. The maximum Gasteiger partial charge on any atom is 0.0224 e. The van der Waals surface area contributed by atoms with Gasteiger partial charge in [0.25, 0.3) is 0 Å².